The van der Waals surface area contributed by atoms with Crippen LogP contribution in [-0.2, 0) is 11.3 Å². The first-order valence-corrected chi connectivity index (χ1v) is 9.59. The average molecular weight is 457 g/mol. The summed E-state index contributed by atoms with van der Waals surface area (Å²) in [4.78, 5) is 34.1. The Balaban J connectivity index is 1.46. The van der Waals surface area contributed by atoms with E-state index in [2.05, 4.69) is 15.8 Å². The van der Waals surface area contributed by atoms with Crippen molar-refractivity contribution in [1.29, 1.82) is 0 Å². The highest BCUT2D eigenvalue weighted by Gasteiger charge is 2.15. The summed E-state index contributed by atoms with van der Waals surface area (Å²) in [6, 6.07) is 13.8. The van der Waals surface area contributed by atoms with Gasteiger partial charge in [0.1, 0.15) is 16.5 Å². The Morgan fingerprint density at radius 2 is 1.97 bits per heavy atom. The number of nitro benzene ring substituents is 1. The highest BCUT2D eigenvalue weighted by molar-refractivity contribution is 6.32. The maximum absolute atomic E-state index is 12.1. The summed E-state index contributed by atoms with van der Waals surface area (Å²) in [5.74, 6) is 0.204. The second kappa shape index (κ2) is 10.7. The third-order valence-corrected chi connectivity index (χ3v) is 4.39. The van der Waals surface area contributed by atoms with Crippen molar-refractivity contribution in [2.24, 2.45) is 5.10 Å². The maximum atomic E-state index is 12.1. The first-order valence-electron chi connectivity index (χ1n) is 9.21. The van der Waals surface area contributed by atoms with Gasteiger partial charge >= 0.3 is 0 Å². The number of benzene rings is 2. The number of hydrogen-bond acceptors (Lipinski definition) is 7. The van der Waals surface area contributed by atoms with E-state index in [-0.39, 0.29) is 35.3 Å². The van der Waals surface area contributed by atoms with Gasteiger partial charge in [0.05, 0.1) is 23.9 Å². The fraction of sp³-hybridized carbons (Fsp3) is 0.0952. The van der Waals surface area contributed by atoms with Crippen molar-refractivity contribution < 1.29 is 23.7 Å². The van der Waals surface area contributed by atoms with E-state index in [1.54, 1.807) is 36.4 Å². The number of halogens is 1. The molecular weight excluding hydrogens is 440 g/mol. The number of nitrogens with one attached hydrogen (secondary N) is 2. The van der Waals surface area contributed by atoms with Crippen LogP contribution in [0.2, 0.25) is 5.02 Å². The fourth-order valence-electron chi connectivity index (χ4n) is 2.47. The number of ether oxygens (including phenoxy) is 1. The predicted octanol–water partition coefficient (Wildman–Crippen LogP) is 3.30. The minimum absolute atomic E-state index is 0.0484. The molecule has 0 radical (unpaired) electrons. The minimum atomic E-state index is -0.672. The van der Waals surface area contributed by atoms with Crippen LogP contribution in [0.3, 0.4) is 0 Å². The number of carbonyl (C=O) groups is 2. The monoisotopic (exact) mass is 456 g/mol. The Bertz CT molecular complexity index is 1130. The van der Waals surface area contributed by atoms with Gasteiger partial charge in [0.25, 0.3) is 17.5 Å². The first-order chi connectivity index (χ1) is 15.4. The van der Waals surface area contributed by atoms with Gasteiger partial charge in [0, 0.05) is 11.6 Å². The fourth-order valence-corrected chi connectivity index (χ4v) is 2.66. The molecule has 3 rings (SSSR count). The highest BCUT2D eigenvalue weighted by Crippen LogP contribution is 2.25. The Morgan fingerprint density at radius 1 is 1.19 bits per heavy atom. The van der Waals surface area contributed by atoms with Gasteiger partial charge in [0.15, 0.2) is 6.61 Å². The third-order valence-electron chi connectivity index (χ3n) is 4.07. The predicted molar refractivity (Wildman–Crippen MR) is 116 cm³/mol. The number of rotatable bonds is 9. The topological polar surface area (TPSA) is 136 Å². The van der Waals surface area contributed by atoms with Crippen LogP contribution in [0.4, 0.5) is 5.69 Å². The molecular formula is C21H17ClN4O6. The standard InChI is InChI=1S/C21H17ClN4O6/c22-18-8-5-15(10-19(18)26(29)30)21(28)25-24-11-14-3-6-16(7-4-14)32-13-20(27)23-12-17-2-1-9-31-17/h1-11H,12-13H2,(H,23,27)(H,25,28)/b24-11-. The summed E-state index contributed by atoms with van der Waals surface area (Å²) >= 11 is 5.73. The van der Waals surface area contributed by atoms with Crippen LogP contribution in [0, 0.1) is 10.1 Å². The van der Waals surface area contributed by atoms with Gasteiger partial charge in [-0.1, -0.05) is 11.6 Å². The maximum Gasteiger partial charge on any atom is 0.288 e. The van der Waals surface area contributed by atoms with Crippen molar-refractivity contribution in [2.75, 3.05) is 6.61 Å². The van der Waals surface area contributed by atoms with Gasteiger partial charge in [0.2, 0.25) is 0 Å². The van der Waals surface area contributed by atoms with Crippen molar-refractivity contribution >= 4 is 35.3 Å². The molecule has 1 aromatic heterocycles. The van der Waals surface area contributed by atoms with Gasteiger partial charge in [-0.3, -0.25) is 19.7 Å². The largest absolute Gasteiger partial charge is 0.484 e. The van der Waals surface area contributed by atoms with Gasteiger partial charge < -0.3 is 14.5 Å². The van der Waals surface area contributed by atoms with E-state index >= 15 is 0 Å². The number of hydrogen-bond donors (Lipinski definition) is 2. The van der Waals surface area contributed by atoms with Crippen LogP contribution >= 0.6 is 11.6 Å². The zero-order valence-electron chi connectivity index (χ0n) is 16.5. The number of carbonyl (C=O) groups excluding carboxylic acids is 2. The van der Waals surface area contributed by atoms with E-state index in [1.165, 1.54) is 24.6 Å². The molecule has 0 spiro atoms. The smallest absolute Gasteiger partial charge is 0.288 e. The summed E-state index contributed by atoms with van der Waals surface area (Å²) < 4.78 is 10.5. The summed E-state index contributed by atoms with van der Waals surface area (Å²) in [6.45, 7) is 0.122. The summed E-state index contributed by atoms with van der Waals surface area (Å²) in [5.41, 5.74) is 2.62. The molecule has 0 aliphatic rings. The lowest BCUT2D eigenvalue weighted by Gasteiger charge is -2.06. The van der Waals surface area contributed by atoms with Gasteiger partial charge in [-0.15, -0.1) is 0 Å². The Hall–Kier alpha value is -4.18. The van der Waals surface area contributed by atoms with E-state index in [0.29, 0.717) is 17.1 Å². The number of nitrogens with zero attached hydrogens (tertiary/aromatic N) is 2. The molecule has 0 unspecified atom stereocenters. The van der Waals surface area contributed by atoms with Crippen molar-refractivity contribution in [1.82, 2.24) is 10.7 Å². The molecule has 0 fully saturated rings. The van der Waals surface area contributed by atoms with Crippen molar-refractivity contribution in [3.8, 4) is 5.75 Å². The summed E-state index contributed by atoms with van der Waals surface area (Å²) in [7, 11) is 0. The minimum Gasteiger partial charge on any atom is -0.484 e. The van der Waals surface area contributed by atoms with E-state index in [1.807, 2.05) is 0 Å². The third kappa shape index (κ3) is 6.41. The molecule has 0 aliphatic carbocycles. The Kier molecular flexibility index (Phi) is 7.55. The van der Waals surface area contributed by atoms with E-state index < -0.39 is 10.8 Å². The van der Waals surface area contributed by atoms with Crippen LogP contribution in [-0.4, -0.2) is 29.6 Å². The molecule has 0 aliphatic heterocycles. The average Bonchev–Trinajstić information content (AvgIpc) is 3.31. The zero-order chi connectivity index (χ0) is 22.9. The lowest BCUT2D eigenvalue weighted by molar-refractivity contribution is -0.384. The molecule has 2 amide bonds. The summed E-state index contributed by atoms with van der Waals surface area (Å²) in [5, 5.41) is 17.3. The highest BCUT2D eigenvalue weighted by atomic mass is 35.5. The van der Waals surface area contributed by atoms with Gasteiger partial charge in [-0.2, -0.15) is 5.10 Å². The Morgan fingerprint density at radius 3 is 2.66 bits per heavy atom. The number of amides is 2. The normalized spacial score (nSPS) is 10.7. The molecule has 3 aromatic rings. The molecule has 2 N–H and O–H groups in total. The van der Waals surface area contributed by atoms with Crippen molar-refractivity contribution in [3.05, 3.63) is 92.9 Å². The molecule has 1 heterocycles. The van der Waals surface area contributed by atoms with E-state index in [0.717, 1.165) is 6.07 Å². The number of hydrazone groups is 1. The molecule has 10 nitrogen and oxygen atoms in total. The van der Waals surface area contributed by atoms with Gasteiger partial charge in [-0.25, -0.2) is 5.43 Å². The number of furan rings is 1. The van der Waals surface area contributed by atoms with E-state index in [9.17, 15) is 19.7 Å². The van der Waals surface area contributed by atoms with Crippen molar-refractivity contribution in [2.45, 2.75) is 6.54 Å². The number of nitro groups is 1. The quantitative estimate of drug-likeness (QED) is 0.288. The lowest BCUT2D eigenvalue weighted by Crippen LogP contribution is -2.28. The second-order valence-electron chi connectivity index (χ2n) is 6.34. The van der Waals surface area contributed by atoms with Crippen LogP contribution in [0.1, 0.15) is 21.7 Å². The molecule has 0 bridgehead atoms. The van der Waals surface area contributed by atoms with Crippen molar-refractivity contribution in [3.63, 3.8) is 0 Å². The summed E-state index contributed by atoms with van der Waals surface area (Å²) in [6.07, 6.45) is 2.92. The molecule has 2 aromatic carbocycles. The van der Waals surface area contributed by atoms with Crippen LogP contribution < -0.4 is 15.5 Å². The SMILES string of the molecule is O=C(COc1ccc(/C=N\NC(=O)c2ccc(Cl)c([N+](=O)[O-])c2)cc1)NCc1ccco1. The molecule has 0 saturated carbocycles. The molecule has 0 atom stereocenters. The zero-order valence-corrected chi connectivity index (χ0v) is 17.2. The molecule has 32 heavy (non-hydrogen) atoms. The molecule has 164 valence electrons. The van der Waals surface area contributed by atoms with Gasteiger partial charge in [-0.05, 0) is 54.1 Å². The molecule has 11 heteroatoms. The molecule has 0 saturated heterocycles. The van der Waals surface area contributed by atoms with Crippen LogP contribution in [0.25, 0.3) is 0 Å². The second-order valence-corrected chi connectivity index (χ2v) is 6.74. The van der Waals surface area contributed by atoms with Crippen LogP contribution in [0.15, 0.2) is 70.4 Å². The van der Waals surface area contributed by atoms with E-state index in [4.69, 9.17) is 20.8 Å². The first kappa shape index (κ1) is 22.5. The Labute approximate surface area is 187 Å². The van der Waals surface area contributed by atoms with Crippen LogP contribution in [0.5, 0.6) is 5.75 Å². The lowest BCUT2D eigenvalue weighted by atomic mass is 10.2.